The average Bonchev–Trinajstić information content (AvgIpc) is 2.62. The van der Waals surface area contributed by atoms with Gasteiger partial charge in [0.15, 0.2) is 0 Å². The fourth-order valence-electron chi connectivity index (χ4n) is 3.56. The van der Waals surface area contributed by atoms with Gasteiger partial charge >= 0.3 is 0 Å². The van der Waals surface area contributed by atoms with Crippen LogP contribution in [0.3, 0.4) is 0 Å². The van der Waals surface area contributed by atoms with E-state index >= 15 is 0 Å². The van der Waals surface area contributed by atoms with Gasteiger partial charge in [0.25, 0.3) is 0 Å². The molecule has 1 saturated carbocycles. The van der Waals surface area contributed by atoms with Crippen molar-refractivity contribution in [1.82, 2.24) is 0 Å². The lowest BCUT2D eigenvalue weighted by Crippen LogP contribution is -2.19. The fourth-order valence-corrected chi connectivity index (χ4v) is 3.56. The van der Waals surface area contributed by atoms with E-state index in [1.807, 2.05) is 13.8 Å². The van der Waals surface area contributed by atoms with Crippen molar-refractivity contribution >= 4 is 0 Å². The summed E-state index contributed by atoms with van der Waals surface area (Å²) in [6, 6.07) is 0. The molecule has 0 saturated heterocycles. The Balaban J connectivity index is 2.51. The third-order valence-corrected chi connectivity index (χ3v) is 4.75. The van der Waals surface area contributed by atoms with Crippen molar-refractivity contribution in [3.63, 3.8) is 0 Å². The second-order valence-electron chi connectivity index (χ2n) is 6.21. The van der Waals surface area contributed by atoms with Crippen LogP contribution in [0, 0.1) is 23.7 Å². The van der Waals surface area contributed by atoms with Crippen LogP contribution in [0.1, 0.15) is 59.8 Å². The maximum atomic E-state index is 9.72. The highest BCUT2D eigenvalue weighted by Gasteiger charge is 2.37. The van der Waals surface area contributed by atoms with Crippen LogP contribution in [0.2, 0.25) is 0 Å². The first-order valence-corrected chi connectivity index (χ1v) is 7.31. The molecule has 0 aromatic carbocycles. The Morgan fingerprint density at radius 3 is 2.18 bits per heavy atom. The zero-order chi connectivity index (χ0) is 13.0. The molecule has 2 heteroatoms. The third-order valence-electron chi connectivity index (χ3n) is 4.75. The molecule has 1 aliphatic rings. The van der Waals surface area contributed by atoms with E-state index in [9.17, 15) is 10.2 Å². The maximum Gasteiger partial charge on any atom is 0.0540 e. The predicted molar refractivity (Wildman–Crippen MR) is 71.8 cm³/mol. The zero-order valence-electron chi connectivity index (χ0n) is 11.9. The summed E-state index contributed by atoms with van der Waals surface area (Å²) in [5.41, 5.74) is 0. The topological polar surface area (TPSA) is 40.5 Å². The number of aliphatic hydroxyl groups excluding tert-OH is 2. The maximum absolute atomic E-state index is 9.72. The molecule has 1 aliphatic carbocycles. The molecular weight excluding hydrogens is 212 g/mol. The molecule has 0 spiro atoms. The van der Waals surface area contributed by atoms with E-state index in [4.69, 9.17) is 0 Å². The largest absolute Gasteiger partial charge is 0.393 e. The van der Waals surface area contributed by atoms with E-state index in [1.165, 1.54) is 19.3 Å². The molecule has 0 aromatic heterocycles. The molecule has 0 radical (unpaired) electrons. The minimum Gasteiger partial charge on any atom is -0.393 e. The molecule has 2 nitrogen and oxygen atoms in total. The van der Waals surface area contributed by atoms with Crippen molar-refractivity contribution in [2.75, 3.05) is 0 Å². The molecule has 6 unspecified atom stereocenters. The highest BCUT2D eigenvalue weighted by atomic mass is 16.3. The Morgan fingerprint density at radius 1 is 1.12 bits per heavy atom. The molecule has 0 bridgehead atoms. The van der Waals surface area contributed by atoms with Crippen LogP contribution in [-0.4, -0.2) is 22.4 Å². The first-order chi connectivity index (χ1) is 7.95. The fraction of sp³-hybridized carbons (Fsp3) is 1.00. The summed E-state index contributed by atoms with van der Waals surface area (Å²) >= 11 is 0. The predicted octanol–water partition coefficient (Wildman–Crippen LogP) is 3.22. The van der Waals surface area contributed by atoms with Gasteiger partial charge in [-0.05, 0) is 63.2 Å². The molecule has 0 aliphatic heterocycles. The van der Waals surface area contributed by atoms with E-state index in [0.717, 1.165) is 30.6 Å². The van der Waals surface area contributed by atoms with Gasteiger partial charge in [0.1, 0.15) is 0 Å². The van der Waals surface area contributed by atoms with Gasteiger partial charge in [-0.3, -0.25) is 0 Å². The molecule has 2 N–H and O–H groups in total. The van der Waals surface area contributed by atoms with Crippen molar-refractivity contribution in [3.05, 3.63) is 0 Å². The number of hydrogen-bond donors (Lipinski definition) is 2. The van der Waals surface area contributed by atoms with Crippen LogP contribution < -0.4 is 0 Å². The molecule has 0 heterocycles. The van der Waals surface area contributed by atoms with Crippen LogP contribution in [0.15, 0.2) is 0 Å². The van der Waals surface area contributed by atoms with Gasteiger partial charge in [-0.1, -0.05) is 20.3 Å². The first kappa shape index (κ1) is 15.0. The second-order valence-corrected chi connectivity index (χ2v) is 6.21. The molecule has 6 atom stereocenters. The Kier molecular flexibility index (Phi) is 5.94. The minimum absolute atomic E-state index is 0.156. The van der Waals surface area contributed by atoms with Gasteiger partial charge < -0.3 is 10.2 Å². The number of aliphatic hydroxyl groups is 2. The van der Waals surface area contributed by atoms with Crippen molar-refractivity contribution in [2.45, 2.75) is 72.0 Å². The van der Waals surface area contributed by atoms with Gasteiger partial charge in [0.05, 0.1) is 12.2 Å². The molecule has 17 heavy (non-hydrogen) atoms. The summed E-state index contributed by atoms with van der Waals surface area (Å²) in [5, 5.41) is 19.1. The van der Waals surface area contributed by atoms with E-state index < -0.39 is 0 Å². The number of rotatable bonds is 6. The van der Waals surface area contributed by atoms with Crippen molar-refractivity contribution in [2.24, 2.45) is 23.7 Å². The van der Waals surface area contributed by atoms with Crippen LogP contribution >= 0.6 is 0 Å². The zero-order valence-corrected chi connectivity index (χ0v) is 11.9. The van der Waals surface area contributed by atoms with Crippen molar-refractivity contribution in [3.8, 4) is 0 Å². The minimum atomic E-state index is -0.173. The van der Waals surface area contributed by atoms with E-state index in [0.29, 0.717) is 5.92 Å². The van der Waals surface area contributed by atoms with Gasteiger partial charge in [-0.2, -0.15) is 0 Å². The molecule has 102 valence electrons. The molecule has 1 rings (SSSR count). The lowest BCUT2D eigenvalue weighted by Gasteiger charge is -2.26. The SMILES string of the molecule is CCC(CCC(C)O)C1CC(C(C)O)CC1C. The Bertz CT molecular complexity index is 213. The standard InChI is InChI=1S/C15H30O2/c1-5-13(7-6-11(3)16)15-9-14(12(4)17)8-10(15)2/h10-17H,5-9H2,1-4H3. The molecule has 1 fully saturated rings. The summed E-state index contributed by atoms with van der Waals surface area (Å²) in [6.07, 6.45) is 5.28. The Hall–Kier alpha value is -0.0800. The average molecular weight is 242 g/mol. The summed E-state index contributed by atoms with van der Waals surface area (Å²) in [4.78, 5) is 0. The lowest BCUT2D eigenvalue weighted by molar-refractivity contribution is 0.121. The second kappa shape index (κ2) is 6.75. The van der Waals surface area contributed by atoms with Gasteiger partial charge in [0.2, 0.25) is 0 Å². The Morgan fingerprint density at radius 2 is 1.76 bits per heavy atom. The van der Waals surface area contributed by atoms with E-state index in [2.05, 4.69) is 13.8 Å². The first-order valence-electron chi connectivity index (χ1n) is 7.31. The molecule has 0 amide bonds. The highest BCUT2D eigenvalue weighted by Crippen LogP contribution is 2.44. The van der Waals surface area contributed by atoms with Crippen molar-refractivity contribution < 1.29 is 10.2 Å². The highest BCUT2D eigenvalue weighted by molar-refractivity contribution is 4.87. The third kappa shape index (κ3) is 4.26. The smallest absolute Gasteiger partial charge is 0.0540 e. The van der Waals surface area contributed by atoms with Crippen LogP contribution in [0.25, 0.3) is 0 Å². The molecule has 0 aromatic rings. The van der Waals surface area contributed by atoms with E-state index in [1.54, 1.807) is 0 Å². The lowest BCUT2D eigenvalue weighted by atomic mass is 9.80. The summed E-state index contributed by atoms with van der Waals surface area (Å²) in [6.45, 7) is 8.40. The summed E-state index contributed by atoms with van der Waals surface area (Å²) in [7, 11) is 0. The van der Waals surface area contributed by atoms with Crippen molar-refractivity contribution in [1.29, 1.82) is 0 Å². The normalized spacial score (nSPS) is 34.6. The van der Waals surface area contributed by atoms with Gasteiger partial charge in [-0.15, -0.1) is 0 Å². The Labute approximate surface area is 106 Å². The molecular formula is C15H30O2. The van der Waals surface area contributed by atoms with Gasteiger partial charge in [0, 0.05) is 0 Å². The van der Waals surface area contributed by atoms with Crippen LogP contribution in [-0.2, 0) is 0 Å². The quantitative estimate of drug-likeness (QED) is 0.751. The monoisotopic (exact) mass is 242 g/mol. The van der Waals surface area contributed by atoms with Gasteiger partial charge in [-0.25, -0.2) is 0 Å². The van der Waals surface area contributed by atoms with Crippen LogP contribution in [0.5, 0.6) is 0 Å². The van der Waals surface area contributed by atoms with E-state index in [-0.39, 0.29) is 12.2 Å². The summed E-state index contributed by atoms with van der Waals surface area (Å²) in [5.74, 6) is 2.70. The summed E-state index contributed by atoms with van der Waals surface area (Å²) < 4.78 is 0. The van der Waals surface area contributed by atoms with Crippen LogP contribution in [0.4, 0.5) is 0 Å². The number of hydrogen-bond acceptors (Lipinski definition) is 2.